The lowest BCUT2D eigenvalue weighted by molar-refractivity contribution is 0.0581. The van der Waals surface area contributed by atoms with Crippen LogP contribution in [0.4, 0.5) is 0 Å². The van der Waals surface area contributed by atoms with Gasteiger partial charge in [0.1, 0.15) is 12.4 Å². The van der Waals surface area contributed by atoms with Crippen molar-refractivity contribution in [3.63, 3.8) is 0 Å². The molecule has 0 fully saturated rings. The highest BCUT2D eigenvalue weighted by Gasteiger charge is 2.23. The maximum atomic E-state index is 12.1. The molecule has 0 saturated heterocycles. The van der Waals surface area contributed by atoms with Gasteiger partial charge in [-0.25, -0.2) is 9.59 Å². The third-order valence-electron chi connectivity index (χ3n) is 3.86. The molecule has 0 bridgehead atoms. The van der Waals surface area contributed by atoms with E-state index in [9.17, 15) is 14.7 Å². The number of esters is 1. The van der Waals surface area contributed by atoms with E-state index in [1.165, 1.54) is 13.2 Å². The normalized spacial score (nSPS) is 10.3. The number of benzene rings is 2. The minimum atomic E-state index is -1.18. The number of rotatable bonds is 8. The summed E-state index contributed by atoms with van der Waals surface area (Å²) in [6, 6.07) is 12.7. The van der Waals surface area contributed by atoms with Gasteiger partial charge in [0.2, 0.25) is 0 Å². The van der Waals surface area contributed by atoms with Crippen LogP contribution in [0.5, 0.6) is 5.75 Å². The van der Waals surface area contributed by atoms with Gasteiger partial charge in [0, 0.05) is 0 Å². The topological polar surface area (TPSA) is 72.8 Å². The quantitative estimate of drug-likeness (QED) is 0.731. The number of carboxylic acid groups (broad SMARTS) is 1. The largest absolute Gasteiger partial charge is 0.489 e. The lowest BCUT2D eigenvalue weighted by atomic mass is 9.96. The number of hydrogen-bond acceptors (Lipinski definition) is 4. The molecule has 0 radical (unpaired) electrons. The number of unbranched alkanes of at least 4 members (excludes halogenated alkanes) is 1. The molecule has 2 rings (SSSR count). The molecule has 5 heteroatoms. The molecular formula is C20H22O5. The molecular weight excluding hydrogens is 320 g/mol. The molecule has 0 saturated carbocycles. The summed E-state index contributed by atoms with van der Waals surface area (Å²) in [5.41, 5.74) is 1.63. The van der Waals surface area contributed by atoms with Gasteiger partial charge in [-0.2, -0.15) is 0 Å². The monoisotopic (exact) mass is 342 g/mol. The first kappa shape index (κ1) is 18.5. The lowest BCUT2D eigenvalue weighted by Crippen LogP contribution is -2.14. The van der Waals surface area contributed by atoms with E-state index in [1.807, 2.05) is 37.3 Å². The molecule has 1 N–H and O–H groups in total. The summed E-state index contributed by atoms with van der Waals surface area (Å²) in [6.45, 7) is 2.36. The Morgan fingerprint density at radius 1 is 1.12 bits per heavy atom. The Morgan fingerprint density at radius 3 is 2.44 bits per heavy atom. The van der Waals surface area contributed by atoms with E-state index in [4.69, 9.17) is 9.47 Å². The number of aromatic carboxylic acids is 1. The molecule has 0 aliphatic heterocycles. The molecule has 0 spiro atoms. The Hall–Kier alpha value is -2.82. The molecule has 2 aromatic carbocycles. The summed E-state index contributed by atoms with van der Waals surface area (Å²) in [7, 11) is 1.25. The van der Waals surface area contributed by atoms with E-state index in [0.717, 1.165) is 18.4 Å². The van der Waals surface area contributed by atoms with Gasteiger partial charge in [-0.15, -0.1) is 0 Å². The fraction of sp³-hybridized carbons (Fsp3) is 0.300. The average Bonchev–Trinajstić information content (AvgIpc) is 2.64. The third-order valence-corrected chi connectivity index (χ3v) is 3.86. The zero-order valence-corrected chi connectivity index (χ0v) is 14.5. The van der Waals surface area contributed by atoms with Crippen molar-refractivity contribution in [2.45, 2.75) is 32.8 Å². The molecule has 132 valence electrons. The molecule has 0 unspecified atom stereocenters. The zero-order chi connectivity index (χ0) is 18.2. The van der Waals surface area contributed by atoms with Crippen molar-refractivity contribution in [3.8, 4) is 5.75 Å². The maximum absolute atomic E-state index is 12.1. The van der Waals surface area contributed by atoms with Crippen LogP contribution in [-0.4, -0.2) is 24.2 Å². The van der Waals surface area contributed by atoms with Crippen molar-refractivity contribution < 1.29 is 24.2 Å². The first-order valence-corrected chi connectivity index (χ1v) is 8.22. The highest BCUT2D eigenvalue weighted by atomic mass is 16.5. The van der Waals surface area contributed by atoms with Crippen molar-refractivity contribution >= 4 is 11.9 Å². The highest BCUT2D eigenvalue weighted by molar-refractivity contribution is 6.04. The predicted octanol–water partition coefficient (Wildman–Crippen LogP) is 4.09. The summed E-state index contributed by atoms with van der Waals surface area (Å²) in [5.74, 6) is -1.39. The minimum absolute atomic E-state index is 0.0940. The van der Waals surface area contributed by atoms with Crippen LogP contribution >= 0.6 is 0 Å². The number of hydrogen-bond donors (Lipinski definition) is 1. The van der Waals surface area contributed by atoms with E-state index in [-0.39, 0.29) is 11.1 Å². The molecule has 0 aliphatic rings. The van der Waals surface area contributed by atoms with Crippen LogP contribution in [0.15, 0.2) is 42.5 Å². The van der Waals surface area contributed by atoms with Gasteiger partial charge in [0.25, 0.3) is 0 Å². The molecule has 2 aromatic rings. The van der Waals surface area contributed by atoms with Gasteiger partial charge in [0.05, 0.1) is 18.2 Å². The van der Waals surface area contributed by atoms with Crippen LogP contribution < -0.4 is 4.74 Å². The van der Waals surface area contributed by atoms with Crippen molar-refractivity contribution in [1.29, 1.82) is 0 Å². The Kier molecular flexibility index (Phi) is 6.57. The predicted molar refractivity (Wildman–Crippen MR) is 94.1 cm³/mol. The third kappa shape index (κ3) is 4.83. The van der Waals surface area contributed by atoms with E-state index in [1.54, 1.807) is 6.07 Å². The second-order valence-electron chi connectivity index (χ2n) is 5.68. The van der Waals surface area contributed by atoms with Crippen LogP contribution in [0, 0.1) is 0 Å². The smallest absolute Gasteiger partial charge is 0.339 e. The number of methoxy groups -OCH3 is 1. The number of ether oxygens (including phenoxy) is 2. The fourth-order valence-corrected chi connectivity index (χ4v) is 2.57. The fourth-order valence-electron chi connectivity index (χ4n) is 2.57. The van der Waals surface area contributed by atoms with Crippen LogP contribution in [0.1, 0.15) is 51.6 Å². The summed E-state index contributed by atoms with van der Waals surface area (Å²) in [4.78, 5) is 23.7. The number of aryl methyl sites for hydroxylation is 1. The van der Waals surface area contributed by atoms with E-state index in [0.29, 0.717) is 24.3 Å². The molecule has 0 aromatic heterocycles. The Bertz CT molecular complexity index is 737. The summed E-state index contributed by atoms with van der Waals surface area (Å²) >= 11 is 0. The van der Waals surface area contributed by atoms with Crippen molar-refractivity contribution in [2.75, 3.05) is 7.11 Å². The van der Waals surface area contributed by atoms with E-state index >= 15 is 0 Å². The summed E-state index contributed by atoms with van der Waals surface area (Å²) in [5, 5.41) is 9.51. The Morgan fingerprint density at radius 2 is 1.84 bits per heavy atom. The summed E-state index contributed by atoms with van der Waals surface area (Å²) < 4.78 is 10.5. The molecule has 0 aliphatic carbocycles. The Labute approximate surface area is 147 Å². The SMILES string of the molecule is CCCCc1cc(OCc2ccccc2)cc(C(=O)O)c1C(=O)OC. The molecule has 0 amide bonds. The second kappa shape index (κ2) is 8.87. The van der Waals surface area contributed by atoms with Gasteiger partial charge in [-0.3, -0.25) is 0 Å². The number of carbonyl (C=O) groups excluding carboxylic acids is 1. The molecule has 5 nitrogen and oxygen atoms in total. The average molecular weight is 342 g/mol. The number of carboxylic acids is 1. The van der Waals surface area contributed by atoms with Gasteiger partial charge >= 0.3 is 11.9 Å². The lowest BCUT2D eigenvalue weighted by Gasteiger charge is -2.14. The van der Waals surface area contributed by atoms with Crippen molar-refractivity contribution in [1.82, 2.24) is 0 Å². The van der Waals surface area contributed by atoms with Crippen LogP contribution in [0.2, 0.25) is 0 Å². The first-order chi connectivity index (χ1) is 12.1. The summed E-state index contributed by atoms with van der Waals surface area (Å²) in [6.07, 6.45) is 2.35. The zero-order valence-electron chi connectivity index (χ0n) is 14.5. The van der Waals surface area contributed by atoms with Gasteiger partial charge in [-0.05, 0) is 36.1 Å². The first-order valence-electron chi connectivity index (χ1n) is 8.22. The molecule has 25 heavy (non-hydrogen) atoms. The Balaban J connectivity index is 2.38. The maximum Gasteiger partial charge on any atom is 0.339 e. The van der Waals surface area contributed by atoms with Gasteiger partial charge in [-0.1, -0.05) is 43.7 Å². The van der Waals surface area contributed by atoms with Crippen molar-refractivity contribution in [2.24, 2.45) is 0 Å². The standard InChI is InChI=1S/C20H22O5/c1-3-4-10-15-11-16(25-13-14-8-6-5-7-9-14)12-17(19(21)22)18(15)20(23)24-2/h5-9,11-12H,3-4,10,13H2,1-2H3,(H,21,22). The van der Waals surface area contributed by atoms with E-state index in [2.05, 4.69) is 0 Å². The second-order valence-corrected chi connectivity index (χ2v) is 5.68. The van der Waals surface area contributed by atoms with Gasteiger partial charge < -0.3 is 14.6 Å². The van der Waals surface area contributed by atoms with Gasteiger partial charge in [0.15, 0.2) is 0 Å². The van der Waals surface area contributed by atoms with Crippen LogP contribution in [-0.2, 0) is 17.8 Å². The van der Waals surface area contributed by atoms with Crippen molar-refractivity contribution in [3.05, 3.63) is 64.7 Å². The van der Waals surface area contributed by atoms with Crippen LogP contribution in [0.3, 0.4) is 0 Å². The van der Waals surface area contributed by atoms with Crippen LogP contribution in [0.25, 0.3) is 0 Å². The highest BCUT2D eigenvalue weighted by Crippen LogP contribution is 2.26. The molecule has 0 atom stereocenters. The number of carbonyl (C=O) groups is 2. The molecule has 0 heterocycles. The van der Waals surface area contributed by atoms with E-state index < -0.39 is 11.9 Å². The minimum Gasteiger partial charge on any atom is -0.489 e.